The molecule has 1 aliphatic rings. The molecule has 0 heterocycles. The van der Waals surface area contributed by atoms with Crippen molar-refractivity contribution in [3.8, 4) is 5.75 Å². The second-order valence-corrected chi connectivity index (χ2v) is 6.13. The number of rotatable bonds is 3. The summed E-state index contributed by atoms with van der Waals surface area (Å²) in [6.07, 6.45) is 3.56. The Bertz CT molecular complexity index is 612. The maximum Gasteiger partial charge on any atom is 0.134 e. The van der Waals surface area contributed by atoms with Crippen molar-refractivity contribution in [2.75, 3.05) is 0 Å². The molecule has 104 valence electrons. The van der Waals surface area contributed by atoms with Gasteiger partial charge >= 0.3 is 0 Å². The Morgan fingerprint density at radius 1 is 1.15 bits per heavy atom. The van der Waals surface area contributed by atoms with Gasteiger partial charge in [0.2, 0.25) is 0 Å². The molecule has 0 aromatic heterocycles. The quantitative estimate of drug-likeness (QED) is 0.877. The fourth-order valence-electron chi connectivity index (χ4n) is 2.90. The molecule has 2 aromatic carbocycles. The van der Waals surface area contributed by atoms with Gasteiger partial charge in [-0.25, -0.2) is 0 Å². The van der Waals surface area contributed by atoms with Crippen molar-refractivity contribution in [2.24, 2.45) is 0 Å². The molecule has 1 aliphatic carbocycles. The summed E-state index contributed by atoms with van der Waals surface area (Å²) in [5.74, 6) is 0.337. The number of para-hydroxylation sites is 1. The molecule has 0 saturated carbocycles. The summed E-state index contributed by atoms with van der Waals surface area (Å²) in [4.78, 5) is 0. The van der Waals surface area contributed by atoms with Crippen LogP contribution in [0.1, 0.15) is 35.6 Å². The fraction of sp³-hybridized carbons (Fsp3) is 0.294. The zero-order chi connectivity index (χ0) is 13.9. The smallest absolute Gasteiger partial charge is 0.134 e. The maximum absolute atomic E-state index is 10.0. The highest BCUT2D eigenvalue weighted by molar-refractivity contribution is 9.10. The van der Waals surface area contributed by atoms with E-state index in [-0.39, 0.29) is 0 Å². The van der Waals surface area contributed by atoms with Crippen LogP contribution in [-0.2, 0) is 13.0 Å². The highest BCUT2D eigenvalue weighted by atomic mass is 79.9. The Morgan fingerprint density at radius 2 is 2.00 bits per heavy atom. The minimum absolute atomic E-state index is 0.337. The van der Waals surface area contributed by atoms with Crippen LogP contribution < -0.4 is 5.32 Å². The molecule has 0 bridgehead atoms. The lowest BCUT2D eigenvalue weighted by molar-refractivity contribution is 0.436. The van der Waals surface area contributed by atoms with Gasteiger partial charge in [-0.3, -0.25) is 0 Å². The number of halogens is 1. The van der Waals surface area contributed by atoms with E-state index in [0.29, 0.717) is 18.3 Å². The lowest BCUT2D eigenvalue weighted by atomic mass is 9.87. The second-order valence-electron chi connectivity index (χ2n) is 5.27. The Balaban J connectivity index is 1.75. The molecular weight excluding hydrogens is 314 g/mol. The van der Waals surface area contributed by atoms with Gasteiger partial charge in [0.25, 0.3) is 0 Å². The minimum Gasteiger partial charge on any atom is -0.506 e. The van der Waals surface area contributed by atoms with Gasteiger partial charge in [0.05, 0.1) is 4.47 Å². The molecule has 0 radical (unpaired) electrons. The van der Waals surface area contributed by atoms with Crippen LogP contribution in [0.15, 0.2) is 46.9 Å². The second kappa shape index (κ2) is 5.98. The van der Waals surface area contributed by atoms with Gasteiger partial charge in [-0.15, -0.1) is 0 Å². The van der Waals surface area contributed by atoms with Crippen molar-refractivity contribution >= 4 is 15.9 Å². The lowest BCUT2D eigenvalue weighted by Gasteiger charge is -2.26. The summed E-state index contributed by atoms with van der Waals surface area (Å²) in [5, 5.41) is 13.6. The third-order valence-electron chi connectivity index (χ3n) is 3.98. The van der Waals surface area contributed by atoms with Crippen LogP contribution in [0, 0.1) is 0 Å². The van der Waals surface area contributed by atoms with Gasteiger partial charge in [-0.1, -0.05) is 36.4 Å². The van der Waals surface area contributed by atoms with Crippen LogP contribution in [0.4, 0.5) is 0 Å². The van der Waals surface area contributed by atoms with E-state index >= 15 is 0 Å². The van der Waals surface area contributed by atoms with Gasteiger partial charge in [-0.05, 0) is 52.4 Å². The van der Waals surface area contributed by atoms with E-state index in [1.165, 1.54) is 24.0 Å². The number of aryl methyl sites for hydroxylation is 1. The molecule has 0 amide bonds. The normalized spacial score (nSPS) is 17.8. The number of fused-ring (bicyclic) bond motifs is 1. The average molecular weight is 332 g/mol. The van der Waals surface area contributed by atoms with Gasteiger partial charge in [0.1, 0.15) is 5.75 Å². The van der Waals surface area contributed by atoms with E-state index in [0.717, 1.165) is 16.5 Å². The van der Waals surface area contributed by atoms with Crippen LogP contribution in [0.5, 0.6) is 5.75 Å². The highest BCUT2D eigenvalue weighted by Gasteiger charge is 2.19. The topological polar surface area (TPSA) is 32.3 Å². The molecule has 2 N–H and O–H groups in total. The zero-order valence-electron chi connectivity index (χ0n) is 11.3. The number of benzene rings is 2. The number of phenols is 1. The van der Waals surface area contributed by atoms with Crippen molar-refractivity contribution in [1.82, 2.24) is 5.32 Å². The first-order valence-electron chi connectivity index (χ1n) is 7.03. The minimum atomic E-state index is 0.337. The lowest BCUT2D eigenvalue weighted by Crippen LogP contribution is -2.24. The summed E-state index contributed by atoms with van der Waals surface area (Å²) < 4.78 is 0.751. The Kier molecular flexibility index (Phi) is 4.08. The maximum atomic E-state index is 10.0. The SMILES string of the molecule is Oc1c(Br)cccc1CNC1CCCc2ccccc21. The number of hydrogen-bond donors (Lipinski definition) is 2. The summed E-state index contributed by atoms with van der Waals surface area (Å²) >= 11 is 3.36. The van der Waals surface area contributed by atoms with Gasteiger partial charge < -0.3 is 10.4 Å². The van der Waals surface area contributed by atoms with E-state index < -0.39 is 0 Å². The molecule has 0 spiro atoms. The Hall–Kier alpha value is -1.32. The Morgan fingerprint density at radius 3 is 2.90 bits per heavy atom. The van der Waals surface area contributed by atoms with Crippen LogP contribution in [0.25, 0.3) is 0 Å². The number of hydrogen-bond acceptors (Lipinski definition) is 2. The number of nitrogens with one attached hydrogen (secondary N) is 1. The van der Waals surface area contributed by atoms with Crippen molar-refractivity contribution in [1.29, 1.82) is 0 Å². The predicted octanol–water partition coefficient (Wildman–Crippen LogP) is 4.32. The summed E-state index contributed by atoms with van der Waals surface area (Å²) in [7, 11) is 0. The molecule has 3 rings (SSSR count). The summed E-state index contributed by atoms with van der Waals surface area (Å²) in [6, 6.07) is 14.8. The van der Waals surface area contributed by atoms with Gasteiger partial charge in [0, 0.05) is 18.2 Å². The number of aromatic hydroxyl groups is 1. The van der Waals surface area contributed by atoms with Crippen molar-refractivity contribution in [3.05, 3.63) is 63.6 Å². The largest absolute Gasteiger partial charge is 0.506 e. The van der Waals surface area contributed by atoms with Crippen LogP contribution in [-0.4, -0.2) is 5.11 Å². The van der Waals surface area contributed by atoms with E-state index in [1.807, 2.05) is 18.2 Å². The van der Waals surface area contributed by atoms with E-state index in [2.05, 4.69) is 45.5 Å². The molecule has 1 atom stereocenters. The molecule has 1 unspecified atom stereocenters. The van der Waals surface area contributed by atoms with Crippen LogP contribution >= 0.6 is 15.9 Å². The molecule has 0 fully saturated rings. The van der Waals surface area contributed by atoms with E-state index in [9.17, 15) is 5.11 Å². The standard InChI is InChI=1S/C17H18BrNO/c18-15-9-3-7-13(17(15)20)11-19-16-10-4-6-12-5-1-2-8-14(12)16/h1-3,5,7-9,16,19-20H,4,6,10-11H2. The number of phenolic OH excluding ortho intramolecular Hbond substituents is 1. The zero-order valence-corrected chi connectivity index (χ0v) is 12.9. The van der Waals surface area contributed by atoms with Crippen molar-refractivity contribution < 1.29 is 5.11 Å². The van der Waals surface area contributed by atoms with Gasteiger partial charge in [0.15, 0.2) is 0 Å². The highest BCUT2D eigenvalue weighted by Crippen LogP contribution is 2.31. The Labute approximate surface area is 128 Å². The third kappa shape index (κ3) is 2.74. The van der Waals surface area contributed by atoms with E-state index in [4.69, 9.17) is 0 Å². The van der Waals surface area contributed by atoms with Crippen LogP contribution in [0.3, 0.4) is 0 Å². The molecule has 0 saturated heterocycles. The summed E-state index contributed by atoms with van der Waals surface area (Å²) in [5.41, 5.74) is 3.80. The van der Waals surface area contributed by atoms with Gasteiger partial charge in [-0.2, -0.15) is 0 Å². The average Bonchev–Trinajstić information content (AvgIpc) is 2.49. The predicted molar refractivity (Wildman–Crippen MR) is 84.8 cm³/mol. The molecule has 2 nitrogen and oxygen atoms in total. The first kappa shape index (κ1) is 13.7. The first-order chi connectivity index (χ1) is 9.75. The molecule has 3 heteroatoms. The summed E-state index contributed by atoms with van der Waals surface area (Å²) in [6.45, 7) is 0.685. The van der Waals surface area contributed by atoms with Crippen molar-refractivity contribution in [3.63, 3.8) is 0 Å². The monoisotopic (exact) mass is 331 g/mol. The fourth-order valence-corrected chi connectivity index (χ4v) is 3.31. The van der Waals surface area contributed by atoms with Crippen molar-refractivity contribution in [2.45, 2.75) is 31.8 Å². The third-order valence-corrected chi connectivity index (χ3v) is 4.62. The molecule has 0 aliphatic heterocycles. The molecular formula is C17H18BrNO. The molecule has 2 aromatic rings. The molecule has 20 heavy (non-hydrogen) atoms. The van der Waals surface area contributed by atoms with Crippen LogP contribution in [0.2, 0.25) is 0 Å². The van der Waals surface area contributed by atoms with E-state index in [1.54, 1.807) is 0 Å². The first-order valence-corrected chi connectivity index (χ1v) is 7.82.